The minimum absolute atomic E-state index is 0.377. The topological polar surface area (TPSA) is 38.0 Å². The molecule has 0 aromatic carbocycles. The first-order valence-corrected chi connectivity index (χ1v) is 5.61. The third kappa shape index (κ3) is 1.89. The summed E-state index contributed by atoms with van der Waals surface area (Å²) in [6, 6.07) is 1.22. The molecule has 76 valence electrons. The molecule has 0 saturated heterocycles. The second-order valence-electron chi connectivity index (χ2n) is 5.35. The van der Waals surface area contributed by atoms with Gasteiger partial charge in [0.2, 0.25) is 0 Å². The molecule has 2 heteroatoms. The Hall–Kier alpha value is -0.0800. The fraction of sp³-hybridized carbons (Fsp3) is 1.00. The van der Waals surface area contributed by atoms with E-state index in [1.54, 1.807) is 0 Å². The first-order valence-electron chi connectivity index (χ1n) is 5.61. The normalized spacial score (nSPS) is 49.6. The van der Waals surface area contributed by atoms with Gasteiger partial charge in [-0.05, 0) is 30.6 Å². The van der Waals surface area contributed by atoms with Gasteiger partial charge in [-0.15, -0.1) is 0 Å². The molecule has 0 aromatic heterocycles. The summed E-state index contributed by atoms with van der Waals surface area (Å²) in [5.41, 5.74) is 6.49. The van der Waals surface area contributed by atoms with E-state index in [-0.39, 0.29) is 0 Å². The fourth-order valence-electron chi connectivity index (χ4n) is 2.45. The van der Waals surface area contributed by atoms with Gasteiger partial charge in [-0.25, -0.2) is 0 Å². The number of hydrogen-bond acceptors (Lipinski definition) is 2. The van der Waals surface area contributed by atoms with Gasteiger partial charge in [-0.2, -0.15) is 0 Å². The highest BCUT2D eigenvalue weighted by Gasteiger charge is 2.39. The largest absolute Gasteiger partial charge is 0.327 e. The Labute approximate surface area is 81.3 Å². The van der Waals surface area contributed by atoms with Crippen molar-refractivity contribution in [1.82, 2.24) is 5.32 Å². The van der Waals surface area contributed by atoms with E-state index in [0.29, 0.717) is 11.5 Å². The molecule has 4 atom stereocenters. The molecule has 2 nitrogen and oxygen atoms in total. The van der Waals surface area contributed by atoms with Gasteiger partial charge in [0.1, 0.15) is 0 Å². The van der Waals surface area contributed by atoms with Crippen LogP contribution >= 0.6 is 0 Å². The van der Waals surface area contributed by atoms with Gasteiger partial charge in [0, 0.05) is 18.6 Å². The minimum Gasteiger partial charge on any atom is -0.327 e. The third-order valence-corrected chi connectivity index (χ3v) is 4.04. The second kappa shape index (κ2) is 3.25. The van der Waals surface area contributed by atoms with E-state index in [0.717, 1.165) is 18.5 Å². The first-order chi connectivity index (χ1) is 6.12. The monoisotopic (exact) mass is 182 g/mol. The third-order valence-electron chi connectivity index (χ3n) is 4.04. The number of nitrogens with two attached hydrogens (primary N) is 1. The Kier molecular flexibility index (Phi) is 2.37. The van der Waals surface area contributed by atoms with Crippen molar-refractivity contribution in [2.24, 2.45) is 17.1 Å². The summed E-state index contributed by atoms with van der Waals surface area (Å²) in [5.74, 6) is 0.904. The van der Waals surface area contributed by atoms with Crippen LogP contribution in [0.3, 0.4) is 0 Å². The summed E-state index contributed by atoms with van der Waals surface area (Å²) >= 11 is 0. The van der Waals surface area contributed by atoms with Crippen LogP contribution in [0.25, 0.3) is 0 Å². The van der Waals surface area contributed by atoms with E-state index >= 15 is 0 Å². The molecule has 0 radical (unpaired) electrons. The smallest absolute Gasteiger partial charge is 0.0105 e. The van der Waals surface area contributed by atoms with Crippen LogP contribution in [0.2, 0.25) is 0 Å². The first kappa shape index (κ1) is 9.47. The average molecular weight is 182 g/mol. The van der Waals surface area contributed by atoms with Crippen molar-refractivity contribution in [2.45, 2.75) is 51.6 Å². The summed E-state index contributed by atoms with van der Waals surface area (Å²) in [5, 5.41) is 3.64. The summed E-state index contributed by atoms with van der Waals surface area (Å²) < 4.78 is 0. The van der Waals surface area contributed by atoms with E-state index in [2.05, 4.69) is 19.2 Å². The Morgan fingerprint density at radius 1 is 1.54 bits per heavy atom. The lowest BCUT2D eigenvalue weighted by Crippen LogP contribution is -2.43. The predicted octanol–water partition coefficient (Wildman–Crippen LogP) is 1.50. The van der Waals surface area contributed by atoms with Crippen LogP contribution in [0.4, 0.5) is 0 Å². The number of nitrogens with one attached hydrogen (secondary N) is 1. The van der Waals surface area contributed by atoms with Gasteiger partial charge in [-0.3, -0.25) is 0 Å². The highest BCUT2D eigenvalue weighted by Crippen LogP contribution is 2.37. The zero-order valence-corrected chi connectivity index (χ0v) is 8.84. The predicted molar refractivity (Wildman–Crippen MR) is 55.5 cm³/mol. The van der Waals surface area contributed by atoms with Crippen LogP contribution in [-0.2, 0) is 0 Å². The molecular formula is C11H22N2. The standard InChI is InChI=1S/C11H22N2/c1-8-6-9(8)13-7-11(2)5-3-4-10(11)12/h8-10,13H,3-7,12H2,1-2H3. The molecule has 2 aliphatic carbocycles. The molecular weight excluding hydrogens is 160 g/mol. The molecule has 4 unspecified atom stereocenters. The molecule has 3 N–H and O–H groups in total. The molecule has 0 spiro atoms. The number of hydrogen-bond donors (Lipinski definition) is 2. The Bertz CT molecular complexity index is 193. The molecule has 0 aromatic rings. The molecule has 0 heterocycles. The van der Waals surface area contributed by atoms with Gasteiger partial charge in [0.05, 0.1) is 0 Å². The quantitative estimate of drug-likeness (QED) is 0.694. The van der Waals surface area contributed by atoms with Crippen LogP contribution in [0.15, 0.2) is 0 Å². The lowest BCUT2D eigenvalue weighted by molar-refractivity contribution is 0.275. The Balaban J connectivity index is 1.79. The number of rotatable bonds is 3. The van der Waals surface area contributed by atoms with Crippen molar-refractivity contribution in [3.63, 3.8) is 0 Å². The summed E-state index contributed by atoms with van der Waals surface area (Å²) in [4.78, 5) is 0. The summed E-state index contributed by atoms with van der Waals surface area (Å²) in [7, 11) is 0. The van der Waals surface area contributed by atoms with Crippen molar-refractivity contribution in [3.8, 4) is 0 Å². The van der Waals surface area contributed by atoms with Gasteiger partial charge >= 0.3 is 0 Å². The second-order valence-corrected chi connectivity index (χ2v) is 5.35. The molecule has 0 amide bonds. The molecule has 2 rings (SSSR count). The van der Waals surface area contributed by atoms with Crippen molar-refractivity contribution in [2.75, 3.05) is 6.54 Å². The van der Waals surface area contributed by atoms with Crippen LogP contribution in [0.5, 0.6) is 0 Å². The van der Waals surface area contributed by atoms with E-state index < -0.39 is 0 Å². The van der Waals surface area contributed by atoms with Crippen molar-refractivity contribution in [1.29, 1.82) is 0 Å². The lowest BCUT2D eigenvalue weighted by atomic mass is 9.85. The van der Waals surface area contributed by atoms with Crippen LogP contribution < -0.4 is 11.1 Å². The van der Waals surface area contributed by atoms with Crippen LogP contribution in [-0.4, -0.2) is 18.6 Å². The highest BCUT2D eigenvalue weighted by molar-refractivity contribution is 4.97. The van der Waals surface area contributed by atoms with Gasteiger partial charge < -0.3 is 11.1 Å². The Morgan fingerprint density at radius 2 is 2.23 bits per heavy atom. The maximum atomic E-state index is 6.11. The van der Waals surface area contributed by atoms with E-state index in [1.165, 1.54) is 25.7 Å². The minimum atomic E-state index is 0.377. The molecule has 2 aliphatic rings. The van der Waals surface area contributed by atoms with E-state index in [9.17, 15) is 0 Å². The average Bonchev–Trinajstić information content (AvgIpc) is 2.69. The summed E-state index contributed by atoms with van der Waals surface area (Å²) in [6.45, 7) is 5.78. The van der Waals surface area contributed by atoms with Crippen molar-refractivity contribution < 1.29 is 0 Å². The van der Waals surface area contributed by atoms with Gasteiger partial charge in [-0.1, -0.05) is 20.3 Å². The van der Waals surface area contributed by atoms with Gasteiger partial charge in [0.25, 0.3) is 0 Å². The van der Waals surface area contributed by atoms with E-state index in [1.807, 2.05) is 0 Å². The molecule has 2 fully saturated rings. The molecule has 0 aliphatic heterocycles. The molecule has 0 bridgehead atoms. The SMILES string of the molecule is CC1CC1NCC1(C)CCCC1N. The lowest BCUT2D eigenvalue weighted by Gasteiger charge is -2.29. The fourth-order valence-corrected chi connectivity index (χ4v) is 2.45. The zero-order valence-electron chi connectivity index (χ0n) is 8.84. The Morgan fingerprint density at radius 3 is 2.69 bits per heavy atom. The zero-order chi connectivity index (χ0) is 9.47. The van der Waals surface area contributed by atoms with Gasteiger partial charge in [0.15, 0.2) is 0 Å². The van der Waals surface area contributed by atoms with Crippen LogP contribution in [0.1, 0.15) is 39.5 Å². The molecule has 2 saturated carbocycles. The van der Waals surface area contributed by atoms with E-state index in [4.69, 9.17) is 5.73 Å². The highest BCUT2D eigenvalue weighted by atomic mass is 15.0. The summed E-state index contributed by atoms with van der Waals surface area (Å²) in [6.07, 6.45) is 5.21. The van der Waals surface area contributed by atoms with Crippen LogP contribution in [0, 0.1) is 11.3 Å². The molecule has 13 heavy (non-hydrogen) atoms. The maximum Gasteiger partial charge on any atom is 0.0105 e. The maximum absolute atomic E-state index is 6.11. The van der Waals surface area contributed by atoms with Crippen molar-refractivity contribution in [3.05, 3.63) is 0 Å². The van der Waals surface area contributed by atoms with Crippen molar-refractivity contribution >= 4 is 0 Å².